The number of amides is 1. The minimum absolute atomic E-state index is 0.0476. The van der Waals surface area contributed by atoms with Gasteiger partial charge in [0, 0.05) is 50.3 Å². The Morgan fingerprint density at radius 3 is 2.89 bits per heavy atom. The zero-order valence-corrected chi connectivity index (χ0v) is 15.7. The number of piperazine rings is 1. The fourth-order valence-corrected chi connectivity index (χ4v) is 3.68. The SMILES string of the molecule is Cc1nn(C)c(C)c1-c1cc(C(=O)N2CCNCC2c2cccnc2)[nH]n1. The van der Waals surface area contributed by atoms with Gasteiger partial charge in [0.25, 0.3) is 5.91 Å². The van der Waals surface area contributed by atoms with Gasteiger partial charge in [-0.05, 0) is 31.5 Å². The van der Waals surface area contributed by atoms with E-state index in [2.05, 4.69) is 25.6 Å². The molecule has 1 atom stereocenters. The van der Waals surface area contributed by atoms with Crippen molar-refractivity contribution >= 4 is 5.91 Å². The molecule has 8 heteroatoms. The molecule has 27 heavy (non-hydrogen) atoms. The highest BCUT2D eigenvalue weighted by Gasteiger charge is 2.30. The van der Waals surface area contributed by atoms with Gasteiger partial charge < -0.3 is 10.2 Å². The zero-order valence-electron chi connectivity index (χ0n) is 15.7. The molecule has 0 aliphatic carbocycles. The third-order valence-electron chi connectivity index (χ3n) is 5.15. The van der Waals surface area contributed by atoms with Crippen molar-refractivity contribution in [2.24, 2.45) is 7.05 Å². The number of aryl methyl sites for hydroxylation is 2. The number of nitrogens with one attached hydrogen (secondary N) is 2. The first kappa shape index (κ1) is 17.4. The van der Waals surface area contributed by atoms with Crippen molar-refractivity contribution in [1.29, 1.82) is 0 Å². The number of rotatable bonds is 3. The minimum Gasteiger partial charge on any atom is -0.328 e. The normalized spacial score (nSPS) is 17.3. The zero-order chi connectivity index (χ0) is 19.0. The van der Waals surface area contributed by atoms with Crippen molar-refractivity contribution in [3.8, 4) is 11.3 Å². The van der Waals surface area contributed by atoms with Gasteiger partial charge in [0.05, 0.1) is 17.4 Å². The summed E-state index contributed by atoms with van der Waals surface area (Å²) in [4.78, 5) is 19.3. The third kappa shape index (κ3) is 3.12. The largest absolute Gasteiger partial charge is 0.328 e. The van der Waals surface area contributed by atoms with E-state index >= 15 is 0 Å². The molecule has 1 fully saturated rings. The van der Waals surface area contributed by atoms with Gasteiger partial charge in [-0.2, -0.15) is 10.2 Å². The van der Waals surface area contributed by atoms with Crippen LogP contribution in [-0.2, 0) is 7.05 Å². The van der Waals surface area contributed by atoms with Gasteiger partial charge in [-0.3, -0.25) is 19.6 Å². The molecule has 1 aliphatic heterocycles. The van der Waals surface area contributed by atoms with Crippen LogP contribution in [0.25, 0.3) is 11.3 Å². The van der Waals surface area contributed by atoms with Gasteiger partial charge in [0.15, 0.2) is 0 Å². The molecule has 4 heterocycles. The van der Waals surface area contributed by atoms with Crippen LogP contribution in [0.15, 0.2) is 30.6 Å². The van der Waals surface area contributed by atoms with E-state index in [1.807, 2.05) is 54.9 Å². The Hall–Kier alpha value is -3.00. The lowest BCUT2D eigenvalue weighted by Gasteiger charge is -2.36. The number of carbonyl (C=O) groups is 1. The Morgan fingerprint density at radius 1 is 1.33 bits per heavy atom. The first-order valence-corrected chi connectivity index (χ1v) is 9.04. The second-order valence-corrected chi connectivity index (χ2v) is 6.84. The fourth-order valence-electron chi connectivity index (χ4n) is 3.68. The number of aromatic amines is 1. The van der Waals surface area contributed by atoms with Crippen molar-refractivity contribution in [3.05, 3.63) is 53.2 Å². The van der Waals surface area contributed by atoms with E-state index in [0.717, 1.165) is 34.8 Å². The van der Waals surface area contributed by atoms with E-state index < -0.39 is 0 Å². The van der Waals surface area contributed by atoms with Crippen LogP contribution in [0, 0.1) is 13.8 Å². The smallest absolute Gasteiger partial charge is 0.272 e. The summed E-state index contributed by atoms with van der Waals surface area (Å²) in [6.45, 7) is 6.06. The number of carbonyl (C=O) groups excluding carboxylic acids is 1. The van der Waals surface area contributed by atoms with Gasteiger partial charge >= 0.3 is 0 Å². The summed E-state index contributed by atoms with van der Waals surface area (Å²) < 4.78 is 1.83. The Kier molecular flexibility index (Phi) is 4.49. The van der Waals surface area contributed by atoms with Crippen LogP contribution in [-0.4, -0.2) is 55.4 Å². The molecule has 8 nitrogen and oxygen atoms in total. The number of H-pyrrole nitrogens is 1. The third-order valence-corrected chi connectivity index (χ3v) is 5.15. The molecule has 2 N–H and O–H groups in total. The summed E-state index contributed by atoms with van der Waals surface area (Å²) >= 11 is 0. The quantitative estimate of drug-likeness (QED) is 0.736. The van der Waals surface area contributed by atoms with Crippen molar-refractivity contribution in [2.45, 2.75) is 19.9 Å². The van der Waals surface area contributed by atoms with E-state index in [1.54, 1.807) is 6.20 Å². The standard InChI is InChI=1S/C19H23N7O/c1-12-18(13(2)25(3)24-12)15-9-16(23-22-15)19(27)26-8-7-21-11-17(26)14-5-4-6-20-10-14/h4-6,9-10,17,21H,7-8,11H2,1-3H3,(H,22,23). The monoisotopic (exact) mass is 365 g/mol. The highest BCUT2D eigenvalue weighted by molar-refractivity contribution is 5.94. The maximum Gasteiger partial charge on any atom is 0.272 e. The van der Waals surface area contributed by atoms with Crippen LogP contribution in [0.3, 0.4) is 0 Å². The van der Waals surface area contributed by atoms with Gasteiger partial charge in [-0.1, -0.05) is 6.07 Å². The van der Waals surface area contributed by atoms with E-state index in [4.69, 9.17) is 0 Å². The van der Waals surface area contributed by atoms with Crippen LogP contribution in [0.1, 0.15) is 33.5 Å². The average Bonchev–Trinajstić information content (AvgIpc) is 3.26. The van der Waals surface area contributed by atoms with E-state index in [0.29, 0.717) is 18.8 Å². The van der Waals surface area contributed by atoms with E-state index in [1.165, 1.54) is 0 Å². The predicted molar refractivity (Wildman–Crippen MR) is 101 cm³/mol. The van der Waals surface area contributed by atoms with E-state index in [-0.39, 0.29) is 11.9 Å². The Labute approximate surface area is 157 Å². The number of hydrogen-bond acceptors (Lipinski definition) is 5. The lowest BCUT2D eigenvalue weighted by molar-refractivity contribution is 0.0628. The molecule has 0 radical (unpaired) electrons. The van der Waals surface area contributed by atoms with Crippen LogP contribution < -0.4 is 5.32 Å². The molecule has 1 aliphatic rings. The lowest BCUT2D eigenvalue weighted by atomic mass is 10.0. The first-order valence-electron chi connectivity index (χ1n) is 9.04. The summed E-state index contributed by atoms with van der Waals surface area (Å²) in [6.07, 6.45) is 3.56. The molecule has 3 aromatic heterocycles. The molecular weight excluding hydrogens is 342 g/mol. The minimum atomic E-state index is -0.0525. The number of aromatic nitrogens is 5. The molecule has 4 rings (SSSR count). The second-order valence-electron chi connectivity index (χ2n) is 6.84. The van der Waals surface area contributed by atoms with Crippen molar-refractivity contribution in [3.63, 3.8) is 0 Å². The average molecular weight is 365 g/mol. The van der Waals surface area contributed by atoms with Crippen molar-refractivity contribution in [2.75, 3.05) is 19.6 Å². The topological polar surface area (TPSA) is 91.7 Å². The number of hydrogen-bond donors (Lipinski definition) is 2. The molecule has 1 amide bonds. The Bertz CT molecular complexity index is 960. The van der Waals surface area contributed by atoms with E-state index in [9.17, 15) is 4.79 Å². The van der Waals surface area contributed by atoms with Crippen molar-refractivity contribution < 1.29 is 4.79 Å². The van der Waals surface area contributed by atoms with Gasteiger partial charge in [-0.25, -0.2) is 0 Å². The number of nitrogens with zero attached hydrogens (tertiary/aromatic N) is 5. The predicted octanol–water partition coefficient (Wildman–Crippen LogP) is 1.61. The summed E-state index contributed by atoms with van der Waals surface area (Å²) in [6, 6.07) is 5.68. The van der Waals surface area contributed by atoms with Gasteiger partial charge in [0.2, 0.25) is 0 Å². The van der Waals surface area contributed by atoms with Gasteiger partial charge in [0.1, 0.15) is 5.69 Å². The first-order chi connectivity index (χ1) is 13.1. The molecule has 0 spiro atoms. The fraction of sp³-hybridized carbons (Fsp3) is 0.368. The maximum absolute atomic E-state index is 13.2. The highest BCUT2D eigenvalue weighted by Crippen LogP contribution is 2.27. The molecular formula is C19H23N7O. The van der Waals surface area contributed by atoms with Crippen LogP contribution in [0.5, 0.6) is 0 Å². The molecule has 0 saturated carbocycles. The maximum atomic E-state index is 13.2. The summed E-state index contributed by atoms with van der Waals surface area (Å²) in [5, 5.41) is 15.1. The molecule has 1 unspecified atom stereocenters. The lowest BCUT2D eigenvalue weighted by Crippen LogP contribution is -2.48. The summed E-state index contributed by atoms with van der Waals surface area (Å²) in [5.41, 5.74) is 5.15. The Morgan fingerprint density at radius 2 is 2.19 bits per heavy atom. The molecule has 0 aromatic carbocycles. The Balaban J connectivity index is 1.63. The summed E-state index contributed by atoms with van der Waals surface area (Å²) in [7, 11) is 1.91. The van der Waals surface area contributed by atoms with Crippen molar-refractivity contribution in [1.82, 2.24) is 35.2 Å². The molecule has 140 valence electrons. The van der Waals surface area contributed by atoms with Crippen LogP contribution in [0.2, 0.25) is 0 Å². The van der Waals surface area contributed by atoms with Gasteiger partial charge in [-0.15, -0.1) is 0 Å². The molecule has 0 bridgehead atoms. The van der Waals surface area contributed by atoms with Crippen LogP contribution in [0.4, 0.5) is 0 Å². The molecule has 3 aromatic rings. The second kappa shape index (κ2) is 6.96. The van der Waals surface area contributed by atoms with Crippen LogP contribution >= 0.6 is 0 Å². The molecule has 1 saturated heterocycles. The summed E-state index contributed by atoms with van der Waals surface area (Å²) in [5.74, 6) is -0.0525. The highest BCUT2D eigenvalue weighted by atomic mass is 16.2. The number of pyridine rings is 1.